The lowest BCUT2D eigenvalue weighted by Gasteiger charge is -2.08. The molecule has 1 unspecified atom stereocenters. The second kappa shape index (κ2) is 6.28. The van der Waals surface area contributed by atoms with Gasteiger partial charge < -0.3 is 10.2 Å². The minimum atomic E-state index is -0.560. The normalized spacial score (nSPS) is 16.7. The van der Waals surface area contributed by atoms with E-state index in [1.54, 1.807) is 6.92 Å². The molecule has 0 spiro atoms. The van der Waals surface area contributed by atoms with Crippen molar-refractivity contribution in [3.05, 3.63) is 12.2 Å². The molecule has 0 aromatic rings. The van der Waals surface area contributed by atoms with Gasteiger partial charge in [0.05, 0.1) is 12.7 Å². The van der Waals surface area contributed by atoms with Gasteiger partial charge in [0.1, 0.15) is 0 Å². The number of carbonyl (C=O) groups excluding carboxylic acids is 2. The van der Waals surface area contributed by atoms with E-state index in [1.807, 2.05) is 0 Å². The highest BCUT2D eigenvalue weighted by atomic mass is 16.3. The number of hydrogen-bond donors (Lipinski definition) is 2. The minimum absolute atomic E-state index is 0.139. The first-order valence-electron chi connectivity index (χ1n) is 4.35. The first-order chi connectivity index (χ1) is 6.52. The molecule has 2 N–H and O–H groups in total. The number of nitrogens with zero attached hydrogens (tertiary/aromatic N) is 1. The molecule has 0 aromatic carbocycles. The zero-order chi connectivity index (χ0) is 11.1. The molecule has 0 fully saturated rings. The van der Waals surface area contributed by atoms with E-state index in [0.29, 0.717) is 6.54 Å². The monoisotopic (exact) mass is 201 g/mol. The second-order valence-electron chi connectivity index (χ2n) is 2.79. The van der Waals surface area contributed by atoms with Crippen LogP contribution in [0.3, 0.4) is 0 Å². The van der Waals surface area contributed by atoms with Crippen molar-refractivity contribution in [3.8, 4) is 0 Å². The number of hydrogen-bond acceptors (Lipinski definition) is 4. The average Bonchev–Trinajstić information content (AvgIpc) is 2.47. The van der Waals surface area contributed by atoms with E-state index in [4.69, 9.17) is 10.2 Å². The van der Waals surface area contributed by atoms with Gasteiger partial charge in [0.15, 0.2) is 0 Å². The molecule has 80 valence electrons. The maximum absolute atomic E-state index is 10.6. The summed E-state index contributed by atoms with van der Waals surface area (Å²) in [5.41, 5.74) is 0. The second-order valence-corrected chi connectivity index (χ2v) is 2.79. The summed E-state index contributed by atoms with van der Waals surface area (Å²) in [6.07, 6.45) is 2.01. The van der Waals surface area contributed by atoms with Crippen molar-refractivity contribution in [2.24, 2.45) is 0 Å². The van der Waals surface area contributed by atoms with Gasteiger partial charge in [0, 0.05) is 18.7 Å². The van der Waals surface area contributed by atoms with Crippen LogP contribution < -0.4 is 0 Å². The lowest BCUT2D eigenvalue weighted by Crippen LogP contribution is -2.29. The van der Waals surface area contributed by atoms with E-state index in [2.05, 4.69) is 0 Å². The van der Waals surface area contributed by atoms with Crippen molar-refractivity contribution >= 4 is 11.8 Å². The Morgan fingerprint density at radius 1 is 1.36 bits per heavy atom. The molecule has 0 saturated heterocycles. The van der Waals surface area contributed by atoms with E-state index in [9.17, 15) is 9.59 Å². The summed E-state index contributed by atoms with van der Waals surface area (Å²) in [6, 6.07) is 0. The van der Waals surface area contributed by atoms with Gasteiger partial charge in [0.25, 0.3) is 11.8 Å². The number of amides is 2. The SMILES string of the molecule is CC(O)CO.CCN1C(=O)C=CC1=O. The highest BCUT2D eigenvalue weighted by molar-refractivity contribution is 6.12. The van der Waals surface area contributed by atoms with Gasteiger partial charge in [-0.05, 0) is 13.8 Å². The van der Waals surface area contributed by atoms with E-state index < -0.39 is 6.10 Å². The number of rotatable bonds is 2. The van der Waals surface area contributed by atoms with Crippen molar-refractivity contribution < 1.29 is 19.8 Å². The van der Waals surface area contributed by atoms with Gasteiger partial charge in [-0.3, -0.25) is 14.5 Å². The smallest absolute Gasteiger partial charge is 0.253 e. The fraction of sp³-hybridized carbons (Fsp3) is 0.556. The first-order valence-corrected chi connectivity index (χ1v) is 4.35. The highest BCUT2D eigenvalue weighted by Gasteiger charge is 2.20. The molecule has 0 radical (unpaired) electrons. The molecule has 0 saturated carbocycles. The molecule has 0 bridgehead atoms. The van der Waals surface area contributed by atoms with E-state index >= 15 is 0 Å². The summed E-state index contributed by atoms with van der Waals surface area (Å²) >= 11 is 0. The quantitative estimate of drug-likeness (QED) is 0.578. The molecule has 0 aromatic heterocycles. The Morgan fingerprint density at radius 2 is 1.71 bits per heavy atom. The van der Waals surface area contributed by atoms with Gasteiger partial charge in [-0.2, -0.15) is 0 Å². The summed E-state index contributed by atoms with van der Waals surface area (Å²) in [5, 5.41) is 16.0. The lowest BCUT2D eigenvalue weighted by atomic mass is 10.5. The molecule has 2 amide bonds. The predicted molar refractivity (Wildman–Crippen MR) is 50.3 cm³/mol. The summed E-state index contributed by atoms with van der Waals surface area (Å²) in [6.45, 7) is 3.62. The van der Waals surface area contributed by atoms with Gasteiger partial charge in [-0.1, -0.05) is 0 Å². The molecule has 1 aliphatic heterocycles. The number of imide groups is 1. The number of aliphatic hydroxyl groups excluding tert-OH is 2. The topological polar surface area (TPSA) is 77.8 Å². The molecule has 1 rings (SSSR count). The van der Waals surface area contributed by atoms with Crippen molar-refractivity contribution in [1.82, 2.24) is 4.90 Å². The Labute approximate surface area is 82.6 Å². The van der Waals surface area contributed by atoms with Crippen LogP contribution in [0.5, 0.6) is 0 Å². The van der Waals surface area contributed by atoms with Gasteiger partial charge in [-0.15, -0.1) is 0 Å². The summed E-state index contributed by atoms with van der Waals surface area (Å²) < 4.78 is 0. The molecule has 1 atom stereocenters. The van der Waals surface area contributed by atoms with E-state index in [1.165, 1.54) is 24.0 Å². The molecule has 5 heteroatoms. The Hall–Kier alpha value is -1.20. The molecule has 14 heavy (non-hydrogen) atoms. The third kappa shape index (κ3) is 4.15. The number of carbonyl (C=O) groups is 2. The van der Waals surface area contributed by atoms with Crippen LogP contribution in [0.15, 0.2) is 12.2 Å². The van der Waals surface area contributed by atoms with Crippen LogP contribution in [-0.4, -0.2) is 46.2 Å². The van der Waals surface area contributed by atoms with Crippen molar-refractivity contribution in [1.29, 1.82) is 0 Å². The van der Waals surface area contributed by atoms with Crippen molar-refractivity contribution in [3.63, 3.8) is 0 Å². The molecule has 1 heterocycles. The van der Waals surface area contributed by atoms with Crippen LogP contribution >= 0.6 is 0 Å². The van der Waals surface area contributed by atoms with Crippen LogP contribution in [0.2, 0.25) is 0 Å². The van der Waals surface area contributed by atoms with Crippen LogP contribution in [-0.2, 0) is 9.59 Å². The molecule has 5 nitrogen and oxygen atoms in total. The van der Waals surface area contributed by atoms with Crippen molar-refractivity contribution in [2.45, 2.75) is 20.0 Å². The average molecular weight is 201 g/mol. The molecular weight excluding hydrogens is 186 g/mol. The Balaban J connectivity index is 0.000000292. The largest absolute Gasteiger partial charge is 0.394 e. The van der Waals surface area contributed by atoms with E-state index in [-0.39, 0.29) is 18.4 Å². The van der Waals surface area contributed by atoms with Crippen molar-refractivity contribution in [2.75, 3.05) is 13.2 Å². The third-order valence-corrected chi connectivity index (χ3v) is 1.48. The maximum atomic E-state index is 10.6. The summed E-state index contributed by atoms with van der Waals surface area (Å²) in [4.78, 5) is 22.4. The highest BCUT2D eigenvalue weighted by Crippen LogP contribution is 2.00. The van der Waals surface area contributed by atoms with Gasteiger partial charge in [-0.25, -0.2) is 0 Å². The Kier molecular flexibility index (Phi) is 5.74. The standard InChI is InChI=1S/C6H7NO2.C3H8O2/c1-2-7-5(8)3-4-6(7)9;1-3(5)2-4/h3-4H,2H2,1H3;3-5H,2H2,1H3. The van der Waals surface area contributed by atoms with Crippen LogP contribution in [0.1, 0.15) is 13.8 Å². The molecular formula is C9H15NO4. The number of aliphatic hydroxyl groups is 2. The predicted octanol–water partition coefficient (Wildman–Crippen LogP) is -0.709. The van der Waals surface area contributed by atoms with Gasteiger partial charge >= 0.3 is 0 Å². The van der Waals surface area contributed by atoms with E-state index in [0.717, 1.165) is 0 Å². The number of likely N-dealkylation sites (N-methyl/N-ethyl adjacent to an activating group) is 1. The first kappa shape index (κ1) is 12.8. The summed E-state index contributed by atoms with van der Waals surface area (Å²) in [5.74, 6) is -0.412. The van der Waals surface area contributed by atoms with Gasteiger partial charge in [0.2, 0.25) is 0 Å². The molecule has 1 aliphatic rings. The fourth-order valence-electron chi connectivity index (χ4n) is 0.743. The summed E-state index contributed by atoms with van der Waals surface area (Å²) in [7, 11) is 0. The fourth-order valence-corrected chi connectivity index (χ4v) is 0.743. The lowest BCUT2D eigenvalue weighted by molar-refractivity contribution is -0.136. The zero-order valence-corrected chi connectivity index (χ0v) is 8.30. The van der Waals surface area contributed by atoms with Crippen LogP contribution in [0, 0.1) is 0 Å². The third-order valence-electron chi connectivity index (χ3n) is 1.48. The Bertz CT molecular complexity index is 217. The molecule has 0 aliphatic carbocycles. The Morgan fingerprint density at radius 3 is 1.86 bits per heavy atom. The van der Waals surface area contributed by atoms with Crippen LogP contribution in [0.25, 0.3) is 0 Å². The van der Waals surface area contributed by atoms with Crippen LogP contribution in [0.4, 0.5) is 0 Å². The zero-order valence-electron chi connectivity index (χ0n) is 8.30. The maximum Gasteiger partial charge on any atom is 0.253 e. The minimum Gasteiger partial charge on any atom is -0.394 e.